The highest BCUT2D eigenvalue weighted by atomic mass is 16.2. The third-order valence-corrected chi connectivity index (χ3v) is 6.06. The van der Waals surface area contributed by atoms with E-state index < -0.39 is 0 Å². The first-order valence-electron chi connectivity index (χ1n) is 10.5. The summed E-state index contributed by atoms with van der Waals surface area (Å²) in [4.78, 5) is 32.3. The molecule has 0 N–H and O–H groups in total. The van der Waals surface area contributed by atoms with E-state index in [-0.39, 0.29) is 24.1 Å². The summed E-state index contributed by atoms with van der Waals surface area (Å²) in [6, 6.07) is 17.9. The summed E-state index contributed by atoms with van der Waals surface area (Å²) in [5.74, 6) is -0.111. The number of nitrogens with zero attached hydrogens (tertiary/aromatic N) is 5. The van der Waals surface area contributed by atoms with E-state index in [1.165, 1.54) is 28.2 Å². The van der Waals surface area contributed by atoms with Gasteiger partial charge in [-0.3, -0.25) is 14.2 Å². The minimum absolute atomic E-state index is 0.0330. The average Bonchev–Trinajstić information content (AvgIpc) is 3.25. The van der Waals surface area contributed by atoms with Crippen LogP contribution in [0.2, 0.25) is 0 Å². The minimum Gasteiger partial charge on any atom is -0.337 e. The molecule has 0 saturated carbocycles. The number of hydrogen-bond acceptors (Lipinski definition) is 4. The molecule has 7 nitrogen and oxygen atoms in total. The van der Waals surface area contributed by atoms with Gasteiger partial charge in [0.25, 0.3) is 5.56 Å². The lowest BCUT2D eigenvalue weighted by molar-refractivity contribution is -0.133. The van der Waals surface area contributed by atoms with Gasteiger partial charge in [0.15, 0.2) is 5.65 Å². The molecule has 2 aromatic heterocycles. The van der Waals surface area contributed by atoms with Crippen LogP contribution in [0.25, 0.3) is 16.7 Å². The van der Waals surface area contributed by atoms with Gasteiger partial charge in [0, 0.05) is 7.05 Å². The molecule has 7 heteroatoms. The zero-order chi connectivity index (χ0) is 21.4. The van der Waals surface area contributed by atoms with Crippen molar-refractivity contribution in [1.29, 1.82) is 0 Å². The van der Waals surface area contributed by atoms with Crippen LogP contribution in [0.3, 0.4) is 0 Å². The summed E-state index contributed by atoms with van der Waals surface area (Å²) in [5.41, 5.74) is 3.54. The summed E-state index contributed by atoms with van der Waals surface area (Å²) in [7, 11) is 1.82. The number of hydrogen-bond donors (Lipinski definition) is 0. The lowest BCUT2D eigenvalue weighted by Gasteiger charge is -2.33. The fourth-order valence-corrected chi connectivity index (χ4v) is 4.38. The Kier molecular flexibility index (Phi) is 4.86. The molecule has 0 aliphatic heterocycles. The number of likely N-dealkylation sites (N-methyl/N-ethyl adjacent to an activating group) is 1. The normalized spacial score (nSPS) is 15.6. The number of amides is 1. The average molecular weight is 413 g/mol. The molecule has 1 amide bonds. The molecule has 5 rings (SSSR count). The van der Waals surface area contributed by atoms with Crippen LogP contribution in [0, 0.1) is 0 Å². The SMILES string of the molecule is CN(C(=O)Cn1cnc2c(cnn2-c2ccccc2)c1=O)C1CCCc2ccccc21. The molecule has 2 heterocycles. The van der Waals surface area contributed by atoms with Crippen LogP contribution in [0.5, 0.6) is 0 Å². The number of aromatic nitrogens is 4. The predicted octanol–water partition coefficient (Wildman–Crippen LogP) is 3.12. The summed E-state index contributed by atoms with van der Waals surface area (Å²) in [6.07, 6.45) is 5.97. The fourth-order valence-electron chi connectivity index (χ4n) is 4.38. The van der Waals surface area contributed by atoms with E-state index in [2.05, 4.69) is 22.2 Å². The Hall–Kier alpha value is -3.74. The summed E-state index contributed by atoms with van der Waals surface area (Å²) in [5, 5.41) is 4.72. The van der Waals surface area contributed by atoms with Gasteiger partial charge < -0.3 is 4.90 Å². The molecule has 4 aromatic rings. The lowest BCUT2D eigenvalue weighted by Crippen LogP contribution is -2.37. The van der Waals surface area contributed by atoms with Gasteiger partial charge in [0.05, 0.1) is 17.9 Å². The van der Waals surface area contributed by atoms with Crippen molar-refractivity contribution in [3.63, 3.8) is 0 Å². The van der Waals surface area contributed by atoms with Gasteiger partial charge in [-0.05, 0) is 42.5 Å². The van der Waals surface area contributed by atoms with Gasteiger partial charge in [-0.2, -0.15) is 5.10 Å². The van der Waals surface area contributed by atoms with Gasteiger partial charge in [-0.1, -0.05) is 42.5 Å². The van der Waals surface area contributed by atoms with Crippen LogP contribution in [-0.4, -0.2) is 37.2 Å². The zero-order valence-electron chi connectivity index (χ0n) is 17.3. The molecule has 0 saturated heterocycles. The number of para-hydroxylation sites is 1. The Morgan fingerprint density at radius 3 is 2.74 bits per heavy atom. The maximum Gasteiger partial charge on any atom is 0.264 e. The molecule has 0 radical (unpaired) electrons. The second-order valence-electron chi connectivity index (χ2n) is 7.92. The Labute approximate surface area is 179 Å². The van der Waals surface area contributed by atoms with Crippen molar-refractivity contribution in [3.05, 3.63) is 88.6 Å². The predicted molar refractivity (Wildman–Crippen MR) is 118 cm³/mol. The van der Waals surface area contributed by atoms with Crippen LogP contribution in [-0.2, 0) is 17.8 Å². The number of aryl methyl sites for hydroxylation is 1. The second-order valence-corrected chi connectivity index (χ2v) is 7.92. The number of carbonyl (C=O) groups is 1. The number of carbonyl (C=O) groups excluding carboxylic acids is 1. The number of rotatable bonds is 4. The summed E-state index contributed by atoms with van der Waals surface area (Å²) >= 11 is 0. The highest BCUT2D eigenvalue weighted by molar-refractivity contribution is 5.78. The van der Waals surface area contributed by atoms with E-state index in [4.69, 9.17) is 0 Å². The Morgan fingerprint density at radius 2 is 1.90 bits per heavy atom. The van der Waals surface area contributed by atoms with E-state index >= 15 is 0 Å². The molecule has 156 valence electrons. The standard InChI is InChI=1S/C24H23N5O2/c1-27(21-13-7-9-17-8-5-6-12-19(17)21)22(30)15-28-16-25-23-20(24(28)31)14-26-29(23)18-10-3-2-4-11-18/h2-6,8,10-12,14,16,21H,7,9,13,15H2,1H3. The maximum atomic E-state index is 13.1. The lowest BCUT2D eigenvalue weighted by atomic mass is 9.87. The highest BCUT2D eigenvalue weighted by Gasteiger charge is 2.27. The van der Waals surface area contributed by atoms with Crippen molar-refractivity contribution in [1.82, 2.24) is 24.2 Å². The van der Waals surface area contributed by atoms with E-state index in [0.29, 0.717) is 11.0 Å². The first-order chi connectivity index (χ1) is 15.1. The molecule has 31 heavy (non-hydrogen) atoms. The van der Waals surface area contributed by atoms with Crippen molar-refractivity contribution < 1.29 is 4.79 Å². The van der Waals surface area contributed by atoms with Crippen LogP contribution in [0.1, 0.15) is 30.0 Å². The molecule has 0 spiro atoms. The summed E-state index contributed by atoms with van der Waals surface area (Å²) < 4.78 is 3.00. The van der Waals surface area contributed by atoms with Crippen molar-refractivity contribution in [2.45, 2.75) is 31.8 Å². The van der Waals surface area contributed by atoms with Crippen molar-refractivity contribution >= 4 is 16.9 Å². The first-order valence-corrected chi connectivity index (χ1v) is 10.5. The Bertz CT molecular complexity index is 1310. The molecule has 1 aliphatic rings. The molecule has 0 bridgehead atoms. The molecule has 1 atom stereocenters. The first kappa shape index (κ1) is 19.2. The van der Waals surface area contributed by atoms with Gasteiger partial charge in [0.1, 0.15) is 18.3 Å². The quantitative estimate of drug-likeness (QED) is 0.515. The van der Waals surface area contributed by atoms with E-state index in [0.717, 1.165) is 24.9 Å². The third kappa shape index (κ3) is 3.42. The van der Waals surface area contributed by atoms with E-state index in [9.17, 15) is 9.59 Å². The van der Waals surface area contributed by atoms with Gasteiger partial charge in [-0.15, -0.1) is 0 Å². The van der Waals surface area contributed by atoms with Gasteiger partial charge in [0.2, 0.25) is 5.91 Å². The Morgan fingerprint density at radius 1 is 1.13 bits per heavy atom. The van der Waals surface area contributed by atoms with Gasteiger partial charge in [-0.25, -0.2) is 9.67 Å². The summed E-state index contributed by atoms with van der Waals surface area (Å²) in [6.45, 7) is -0.0482. The van der Waals surface area contributed by atoms with Crippen molar-refractivity contribution in [3.8, 4) is 5.69 Å². The number of fused-ring (bicyclic) bond motifs is 2. The zero-order valence-corrected chi connectivity index (χ0v) is 17.3. The van der Waals surface area contributed by atoms with Crippen molar-refractivity contribution in [2.24, 2.45) is 0 Å². The van der Waals surface area contributed by atoms with Crippen LogP contribution in [0.4, 0.5) is 0 Å². The van der Waals surface area contributed by atoms with E-state index in [1.807, 2.05) is 49.5 Å². The Balaban J connectivity index is 1.41. The molecule has 2 aromatic carbocycles. The van der Waals surface area contributed by atoms with Crippen molar-refractivity contribution in [2.75, 3.05) is 7.05 Å². The number of benzene rings is 2. The minimum atomic E-state index is -0.266. The second kappa shape index (κ2) is 7.83. The fraction of sp³-hybridized carbons (Fsp3) is 0.250. The smallest absolute Gasteiger partial charge is 0.264 e. The topological polar surface area (TPSA) is 73.0 Å². The molecule has 1 aliphatic carbocycles. The monoisotopic (exact) mass is 413 g/mol. The molecule has 0 fully saturated rings. The largest absolute Gasteiger partial charge is 0.337 e. The van der Waals surface area contributed by atoms with Gasteiger partial charge >= 0.3 is 0 Å². The third-order valence-electron chi connectivity index (χ3n) is 6.06. The van der Waals surface area contributed by atoms with E-state index in [1.54, 1.807) is 9.58 Å². The van der Waals surface area contributed by atoms with Crippen LogP contribution in [0.15, 0.2) is 71.9 Å². The molecular formula is C24H23N5O2. The molecule has 1 unspecified atom stereocenters. The van der Waals surface area contributed by atoms with Crippen LogP contribution >= 0.6 is 0 Å². The van der Waals surface area contributed by atoms with Crippen LogP contribution < -0.4 is 5.56 Å². The molecular weight excluding hydrogens is 390 g/mol. The maximum absolute atomic E-state index is 13.1. The highest BCUT2D eigenvalue weighted by Crippen LogP contribution is 2.33.